The van der Waals surface area contributed by atoms with E-state index in [1.807, 2.05) is 26.8 Å². The lowest BCUT2D eigenvalue weighted by molar-refractivity contribution is -0.131. The quantitative estimate of drug-likeness (QED) is 0.0935. The van der Waals surface area contributed by atoms with Gasteiger partial charge in [-0.25, -0.2) is 24.5 Å². The molecule has 300 valence electrons. The molecule has 0 atom stereocenters. The third kappa shape index (κ3) is 12.3. The molecule has 0 radical (unpaired) electrons. The largest absolute Gasteiger partial charge is 0.453 e. The molecule has 0 saturated carbocycles. The third-order valence-electron chi connectivity index (χ3n) is 7.63. The number of aromatic nitrogens is 5. The van der Waals surface area contributed by atoms with Crippen molar-refractivity contribution in [3.63, 3.8) is 0 Å². The van der Waals surface area contributed by atoms with E-state index in [2.05, 4.69) is 72.7 Å². The number of alkyl carbamates (subject to hydrolysis) is 2. The van der Waals surface area contributed by atoms with Crippen LogP contribution in [0.25, 0.3) is 45.4 Å². The Morgan fingerprint density at radius 2 is 1.18 bits per heavy atom. The molecule has 0 aliphatic carbocycles. The van der Waals surface area contributed by atoms with Crippen molar-refractivity contribution in [2.24, 2.45) is 0 Å². The van der Waals surface area contributed by atoms with Crippen molar-refractivity contribution in [1.82, 2.24) is 45.4 Å². The van der Waals surface area contributed by atoms with Crippen LogP contribution in [0.15, 0.2) is 33.2 Å². The maximum Gasteiger partial charge on any atom is 0.407 e. The van der Waals surface area contributed by atoms with Crippen LogP contribution in [-0.4, -0.2) is 99.1 Å². The predicted molar refractivity (Wildman–Crippen MR) is 208 cm³/mol. The molecule has 4 heterocycles. The highest BCUT2D eigenvalue weighted by Crippen LogP contribution is 2.31. The first-order valence-electron chi connectivity index (χ1n) is 18.6. The van der Waals surface area contributed by atoms with E-state index in [4.69, 9.17) is 8.83 Å². The molecule has 17 nitrogen and oxygen atoms in total. The molecule has 0 aliphatic heterocycles. The molecule has 0 bridgehead atoms. The lowest BCUT2D eigenvalue weighted by Gasteiger charge is -2.22. The molecule has 4 amide bonds. The number of ether oxygens (including phenoxy) is 2. The number of fused-ring (bicyclic) bond motifs is 2. The van der Waals surface area contributed by atoms with Crippen LogP contribution in [0, 0.1) is 6.92 Å². The van der Waals surface area contributed by atoms with Crippen LogP contribution in [-0.2, 0) is 32.2 Å². The number of aryl methyl sites for hydroxylation is 1. The van der Waals surface area contributed by atoms with Crippen LogP contribution in [0.4, 0.5) is 9.59 Å². The highest BCUT2D eigenvalue weighted by atomic mass is 16.5. The molecule has 0 aliphatic rings. The number of H-pyrrole nitrogens is 2. The van der Waals surface area contributed by atoms with E-state index in [-0.39, 0.29) is 31.4 Å². The fourth-order valence-electron chi connectivity index (χ4n) is 5.17. The van der Waals surface area contributed by atoms with Gasteiger partial charge in [-0.2, -0.15) is 0 Å². The van der Waals surface area contributed by atoms with E-state index >= 15 is 0 Å². The lowest BCUT2D eigenvalue weighted by atomic mass is 10.2. The van der Waals surface area contributed by atoms with Crippen LogP contribution in [0.1, 0.15) is 84.3 Å². The van der Waals surface area contributed by atoms with Gasteiger partial charge in [-0.3, -0.25) is 9.59 Å². The Hall–Kier alpha value is -5.87. The van der Waals surface area contributed by atoms with Crippen LogP contribution in [0.3, 0.4) is 0 Å². The number of carbonyl (C=O) groups is 4. The molecule has 0 saturated heterocycles. The van der Waals surface area contributed by atoms with E-state index in [9.17, 15) is 19.2 Å². The number of hydrogen-bond donors (Lipinski definition) is 4. The van der Waals surface area contributed by atoms with Gasteiger partial charge in [-0.15, -0.1) is 0 Å². The number of aromatic amines is 2. The van der Waals surface area contributed by atoms with E-state index in [1.165, 1.54) is 27.1 Å². The summed E-state index contributed by atoms with van der Waals surface area (Å²) in [5.74, 6) is 0.691. The first-order valence-corrected chi connectivity index (χ1v) is 18.6. The summed E-state index contributed by atoms with van der Waals surface area (Å²) in [4.78, 5) is 71.6. The molecule has 0 unspecified atom stereocenters. The summed E-state index contributed by atoms with van der Waals surface area (Å²) in [5.41, 5.74) is 5.03. The van der Waals surface area contributed by atoms with Crippen molar-refractivity contribution in [2.45, 2.75) is 87.2 Å². The fourth-order valence-corrected chi connectivity index (χ4v) is 5.17. The van der Waals surface area contributed by atoms with Crippen LogP contribution >= 0.6 is 0 Å². The van der Waals surface area contributed by atoms with Crippen molar-refractivity contribution in [3.05, 3.63) is 41.5 Å². The molecule has 4 N–H and O–H groups in total. The van der Waals surface area contributed by atoms with Crippen LogP contribution < -0.4 is 10.6 Å². The van der Waals surface area contributed by atoms with E-state index in [0.29, 0.717) is 70.8 Å². The van der Waals surface area contributed by atoms with Gasteiger partial charge in [0, 0.05) is 30.9 Å². The first kappa shape index (κ1) is 43.5. The average Bonchev–Trinajstić information content (AvgIpc) is 3.97. The fraction of sp³-hybridized carbons (Fsp3) is 0.500. The SMILES string of the molecule is CCC.CCC.CCCN(Cc1ncc(-c2nc3cc4oc(-c5cc(C)c(CN(CCC)C(=O)CNC(=O)OC)[nH]5)nc4cc3o2)[nH]1)C(=O)CNC(=O)OC. The smallest absolute Gasteiger partial charge is 0.407 e. The summed E-state index contributed by atoms with van der Waals surface area (Å²) in [5, 5.41) is 4.84. The molecule has 55 heavy (non-hydrogen) atoms. The highest BCUT2D eigenvalue weighted by Gasteiger charge is 2.21. The van der Waals surface area contributed by atoms with Crippen molar-refractivity contribution in [3.8, 4) is 23.2 Å². The summed E-state index contributed by atoms with van der Waals surface area (Å²) in [6.45, 7) is 15.5. The van der Waals surface area contributed by atoms with Crippen LogP contribution in [0.2, 0.25) is 0 Å². The van der Waals surface area contributed by atoms with Gasteiger partial charge in [0.15, 0.2) is 11.2 Å². The number of nitrogens with one attached hydrogen (secondary N) is 4. The number of nitrogens with zero attached hydrogens (tertiary/aromatic N) is 5. The number of carbonyl (C=O) groups excluding carboxylic acids is 4. The number of methoxy groups -OCH3 is 2. The van der Waals surface area contributed by atoms with Crippen LogP contribution in [0.5, 0.6) is 0 Å². The lowest BCUT2D eigenvalue weighted by Crippen LogP contribution is -2.40. The molecule has 0 fully saturated rings. The Morgan fingerprint density at radius 3 is 1.65 bits per heavy atom. The van der Waals surface area contributed by atoms with Gasteiger partial charge >= 0.3 is 12.2 Å². The van der Waals surface area contributed by atoms with E-state index in [1.54, 1.807) is 28.1 Å². The van der Waals surface area contributed by atoms with Gasteiger partial charge in [0.05, 0.1) is 33.5 Å². The average molecular weight is 766 g/mol. The second-order valence-electron chi connectivity index (χ2n) is 12.6. The number of rotatable bonds is 14. The number of amides is 4. The first-order chi connectivity index (χ1) is 26.4. The van der Waals surface area contributed by atoms with Crippen molar-refractivity contribution in [2.75, 3.05) is 40.4 Å². The summed E-state index contributed by atoms with van der Waals surface area (Å²) >= 11 is 0. The molecule has 5 rings (SSSR count). The minimum atomic E-state index is -0.680. The Kier molecular flexibility index (Phi) is 17.2. The van der Waals surface area contributed by atoms with E-state index < -0.39 is 12.2 Å². The zero-order valence-electron chi connectivity index (χ0n) is 33.4. The maximum atomic E-state index is 12.8. The number of imidazole rings is 1. The van der Waals surface area contributed by atoms with Crippen molar-refractivity contribution < 1.29 is 37.5 Å². The molecular weight excluding hydrogens is 710 g/mol. The molecule has 5 aromatic rings. The number of oxazole rings is 2. The zero-order valence-corrected chi connectivity index (χ0v) is 33.4. The summed E-state index contributed by atoms with van der Waals surface area (Å²) < 4.78 is 21.2. The second kappa shape index (κ2) is 21.7. The molecule has 4 aromatic heterocycles. The van der Waals surface area contributed by atoms with Crippen molar-refractivity contribution in [1.29, 1.82) is 0 Å². The number of hydrogen-bond acceptors (Lipinski definition) is 11. The van der Waals surface area contributed by atoms with E-state index in [0.717, 1.165) is 24.1 Å². The van der Waals surface area contributed by atoms with Gasteiger partial charge in [0.1, 0.15) is 41.3 Å². The molecular formula is C38H55N9O8. The molecule has 1 aromatic carbocycles. The summed E-state index contributed by atoms with van der Waals surface area (Å²) in [7, 11) is 2.48. The number of benzene rings is 1. The zero-order chi connectivity index (χ0) is 40.5. The molecule has 17 heteroatoms. The Morgan fingerprint density at radius 1 is 0.709 bits per heavy atom. The predicted octanol–water partition coefficient (Wildman–Crippen LogP) is 6.68. The Balaban J connectivity index is 0.00000127. The second-order valence-corrected chi connectivity index (χ2v) is 12.6. The normalized spacial score (nSPS) is 10.6. The van der Waals surface area contributed by atoms with Gasteiger partial charge < -0.3 is 48.7 Å². The van der Waals surface area contributed by atoms with Gasteiger partial charge in [-0.05, 0) is 31.4 Å². The van der Waals surface area contributed by atoms with Crippen molar-refractivity contribution >= 4 is 46.2 Å². The standard InChI is InChI=1S/C32H39N9O8.2C3H8/c1-6-8-40(27(42)14-34-31(44)46-4)16-23-18(3)10-21(36-23)29-38-19-11-25-20(12-24(19)48-29)39-30(49-25)22-13-33-26(37-22)17-41(9-7-2)28(43)15-35-32(45)47-5;2*1-3-2/h10-13,36H,6-9,14-17H2,1-5H3,(H,33,37)(H,34,44)(H,35,45);2*3H2,1-2H3. The highest BCUT2D eigenvalue weighted by molar-refractivity contribution is 5.91. The minimum Gasteiger partial charge on any atom is -0.453 e. The Labute approximate surface area is 320 Å². The monoisotopic (exact) mass is 765 g/mol. The van der Waals surface area contributed by atoms with Gasteiger partial charge in [-0.1, -0.05) is 54.4 Å². The summed E-state index contributed by atoms with van der Waals surface area (Å²) in [6, 6.07) is 5.39. The third-order valence-corrected chi connectivity index (χ3v) is 7.63. The summed E-state index contributed by atoms with van der Waals surface area (Å²) in [6.07, 6.45) is 4.20. The molecule has 0 spiro atoms. The topological polar surface area (TPSA) is 214 Å². The minimum absolute atomic E-state index is 0.168. The van der Waals surface area contributed by atoms with Gasteiger partial charge in [0.2, 0.25) is 23.6 Å². The van der Waals surface area contributed by atoms with Gasteiger partial charge in [0.25, 0.3) is 0 Å². The Bertz CT molecular complexity index is 1940. The maximum absolute atomic E-state index is 12.8.